The molecule has 2 N–H and O–H groups in total. The van der Waals surface area contributed by atoms with Crippen molar-refractivity contribution in [3.8, 4) is 0 Å². The third-order valence-electron chi connectivity index (χ3n) is 3.50. The molecule has 0 unspecified atom stereocenters. The van der Waals surface area contributed by atoms with Crippen molar-refractivity contribution in [1.82, 2.24) is 15.0 Å². The summed E-state index contributed by atoms with van der Waals surface area (Å²) in [6.07, 6.45) is 1.58. The van der Waals surface area contributed by atoms with Gasteiger partial charge in [-0.25, -0.2) is 4.68 Å². The lowest BCUT2D eigenvalue weighted by Gasteiger charge is -2.08. The SMILES string of the molecule is CC(=O)Nc1ccc(NC(=O)c2cn(Cc3ccccc3)nn2)cc1Cl. The fourth-order valence-electron chi connectivity index (χ4n) is 2.33. The van der Waals surface area contributed by atoms with Crippen LogP contribution in [0, 0.1) is 0 Å². The molecule has 7 nitrogen and oxygen atoms in total. The van der Waals surface area contributed by atoms with E-state index in [1.807, 2.05) is 30.3 Å². The first-order chi connectivity index (χ1) is 12.5. The van der Waals surface area contributed by atoms with Crippen LogP contribution >= 0.6 is 11.6 Å². The maximum absolute atomic E-state index is 12.3. The Morgan fingerprint density at radius 1 is 1.12 bits per heavy atom. The summed E-state index contributed by atoms with van der Waals surface area (Å²) >= 11 is 6.10. The molecule has 1 heterocycles. The minimum absolute atomic E-state index is 0.197. The van der Waals surface area contributed by atoms with Crippen LogP contribution in [0.2, 0.25) is 5.02 Å². The van der Waals surface area contributed by atoms with Gasteiger partial charge in [-0.1, -0.05) is 47.1 Å². The summed E-state index contributed by atoms with van der Waals surface area (Å²) in [6, 6.07) is 14.6. The minimum atomic E-state index is -0.396. The molecule has 3 aromatic rings. The van der Waals surface area contributed by atoms with Crippen LogP contribution in [0.4, 0.5) is 11.4 Å². The van der Waals surface area contributed by atoms with E-state index in [0.29, 0.717) is 22.9 Å². The second kappa shape index (κ2) is 7.79. The van der Waals surface area contributed by atoms with E-state index in [0.717, 1.165) is 5.56 Å². The van der Waals surface area contributed by atoms with Gasteiger partial charge in [-0.2, -0.15) is 0 Å². The number of hydrogen-bond donors (Lipinski definition) is 2. The van der Waals surface area contributed by atoms with Gasteiger partial charge in [0, 0.05) is 12.6 Å². The van der Waals surface area contributed by atoms with Crippen molar-refractivity contribution in [2.75, 3.05) is 10.6 Å². The topological polar surface area (TPSA) is 88.9 Å². The second-order valence-corrected chi connectivity index (χ2v) is 6.02. The molecule has 0 spiro atoms. The Kier molecular flexibility index (Phi) is 5.28. The quantitative estimate of drug-likeness (QED) is 0.722. The summed E-state index contributed by atoms with van der Waals surface area (Å²) in [5, 5.41) is 13.5. The molecule has 0 aliphatic carbocycles. The van der Waals surface area contributed by atoms with E-state index in [1.54, 1.807) is 29.1 Å². The highest BCUT2D eigenvalue weighted by Gasteiger charge is 2.12. The molecule has 0 radical (unpaired) electrons. The number of carbonyl (C=O) groups excluding carboxylic acids is 2. The van der Waals surface area contributed by atoms with Gasteiger partial charge in [0.1, 0.15) is 0 Å². The fourth-order valence-corrected chi connectivity index (χ4v) is 2.56. The number of nitrogens with one attached hydrogen (secondary N) is 2. The number of anilines is 2. The fraction of sp³-hybridized carbons (Fsp3) is 0.111. The normalized spacial score (nSPS) is 10.4. The lowest BCUT2D eigenvalue weighted by molar-refractivity contribution is -0.114. The number of amides is 2. The van der Waals surface area contributed by atoms with E-state index in [-0.39, 0.29) is 11.6 Å². The Hall–Kier alpha value is -3.19. The van der Waals surface area contributed by atoms with Gasteiger partial charge in [-0.15, -0.1) is 5.10 Å². The van der Waals surface area contributed by atoms with E-state index < -0.39 is 5.91 Å². The first-order valence-electron chi connectivity index (χ1n) is 7.84. The van der Waals surface area contributed by atoms with Gasteiger partial charge in [0.2, 0.25) is 5.91 Å². The summed E-state index contributed by atoms with van der Waals surface area (Å²) < 4.78 is 1.59. The number of halogens is 1. The molecule has 2 amide bonds. The Morgan fingerprint density at radius 3 is 2.58 bits per heavy atom. The lowest BCUT2D eigenvalue weighted by Crippen LogP contribution is -2.13. The molecule has 3 rings (SSSR count). The molecule has 1 aromatic heterocycles. The first kappa shape index (κ1) is 17.6. The second-order valence-electron chi connectivity index (χ2n) is 5.62. The Morgan fingerprint density at radius 2 is 1.88 bits per heavy atom. The van der Waals surface area contributed by atoms with Gasteiger partial charge < -0.3 is 10.6 Å². The smallest absolute Gasteiger partial charge is 0.277 e. The van der Waals surface area contributed by atoms with Crippen molar-refractivity contribution in [2.24, 2.45) is 0 Å². The molecule has 26 heavy (non-hydrogen) atoms. The van der Waals surface area contributed by atoms with Gasteiger partial charge in [-0.3, -0.25) is 9.59 Å². The molecule has 2 aromatic carbocycles. The summed E-state index contributed by atoms with van der Waals surface area (Å²) in [5.74, 6) is -0.619. The Balaban J connectivity index is 1.67. The van der Waals surface area contributed by atoms with Gasteiger partial charge in [0.05, 0.1) is 23.5 Å². The number of nitrogens with zero attached hydrogens (tertiary/aromatic N) is 3. The zero-order valence-electron chi connectivity index (χ0n) is 13.9. The van der Waals surface area contributed by atoms with Crippen LogP contribution in [0.15, 0.2) is 54.7 Å². The molecule has 132 valence electrons. The molecule has 0 aliphatic rings. The molecule has 0 saturated carbocycles. The predicted octanol–water partition coefficient (Wildman–Crippen LogP) is 3.19. The summed E-state index contributed by atoms with van der Waals surface area (Å²) in [7, 11) is 0. The van der Waals surface area contributed by atoms with Crippen LogP contribution in [-0.2, 0) is 11.3 Å². The average Bonchev–Trinajstić information content (AvgIpc) is 3.06. The number of benzene rings is 2. The third kappa shape index (κ3) is 4.46. The molecule has 0 aliphatic heterocycles. The zero-order valence-corrected chi connectivity index (χ0v) is 14.7. The van der Waals surface area contributed by atoms with E-state index in [4.69, 9.17) is 11.6 Å². The highest BCUT2D eigenvalue weighted by Crippen LogP contribution is 2.25. The summed E-state index contributed by atoms with van der Waals surface area (Å²) in [6.45, 7) is 1.92. The predicted molar refractivity (Wildman–Crippen MR) is 99.3 cm³/mol. The van der Waals surface area contributed by atoms with E-state index in [1.165, 1.54) is 6.92 Å². The van der Waals surface area contributed by atoms with Crippen molar-refractivity contribution in [3.05, 3.63) is 71.0 Å². The molecule has 0 bridgehead atoms. The lowest BCUT2D eigenvalue weighted by atomic mass is 10.2. The van der Waals surface area contributed by atoms with E-state index in [9.17, 15) is 9.59 Å². The first-order valence-corrected chi connectivity index (χ1v) is 8.21. The van der Waals surface area contributed by atoms with Crippen molar-refractivity contribution in [1.29, 1.82) is 0 Å². The van der Waals surface area contributed by atoms with Crippen molar-refractivity contribution >= 4 is 34.8 Å². The number of carbonyl (C=O) groups is 2. The highest BCUT2D eigenvalue weighted by atomic mass is 35.5. The minimum Gasteiger partial charge on any atom is -0.325 e. The van der Waals surface area contributed by atoms with Crippen molar-refractivity contribution in [2.45, 2.75) is 13.5 Å². The monoisotopic (exact) mass is 369 g/mol. The Labute approximate surface area is 155 Å². The molecule has 0 fully saturated rings. The van der Waals surface area contributed by atoms with Crippen LogP contribution in [0.1, 0.15) is 23.0 Å². The van der Waals surface area contributed by atoms with Crippen molar-refractivity contribution < 1.29 is 9.59 Å². The van der Waals surface area contributed by atoms with Crippen LogP contribution in [0.25, 0.3) is 0 Å². The number of aromatic nitrogens is 3. The highest BCUT2D eigenvalue weighted by molar-refractivity contribution is 6.34. The number of hydrogen-bond acceptors (Lipinski definition) is 4. The maximum Gasteiger partial charge on any atom is 0.277 e. The molecular formula is C18H16ClN5O2. The third-order valence-corrected chi connectivity index (χ3v) is 3.81. The van der Waals surface area contributed by atoms with Gasteiger partial charge in [-0.05, 0) is 23.8 Å². The van der Waals surface area contributed by atoms with Gasteiger partial charge in [0.25, 0.3) is 5.91 Å². The summed E-state index contributed by atoms with van der Waals surface area (Å²) in [5.41, 5.74) is 2.23. The van der Waals surface area contributed by atoms with Crippen molar-refractivity contribution in [3.63, 3.8) is 0 Å². The maximum atomic E-state index is 12.3. The average molecular weight is 370 g/mol. The van der Waals surface area contributed by atoms with Crippen LogP contribution in [0.3, 0.4) is 0 Å². The molecular weight excluding hydrogens is 354 g/mol. The standard InChI is InChI=1S/C18H16ClN5O2/c1-12(25)20-16-8-7-14(9-15(16)19)21-18(26)17-11-24(23-22-17)10-13-5-3-2-4-6-13/h2-9,11H,10H2,1H3,(H,20,25)(H,21,26). The van der Waals surface area contributed by atoms with Crippen LogP contribution in [0.5, 0.6) is 0 Å². The van der Waals surface area contributed by atoms with Gasteiger partial charge in [0.15, 0.2) is 5.69 Å². The summed E-state index contributed by atoms with van der Waals surface area (Å²) in [4.78, 5) is 23.4. The van der Waals surface area contributed by atoms with E-state index >= 15 is 0 Å². The van der Waals surface area contributed by atoms with Crippen LogP contribution in [-0.4, -0.2) is 26.8 Å². The number of rotatable bonds is 5. The molecule has 0 saturated heterocycles. The zero-order chi connectivity index (χ0) is 18.5. The Bertz CT molecular complexity index is 940. The molecule has 8 heteroatoms. The largest absolute Gasteiger partial charge is 0.325 e. The molecule has 0 atom stereocenters. The van der Waals surface area contributed by atoms with E-state index in [2.05, 4.69) is 20.9 Å². The van der Waals surface area contributed by atoms with Crippen LogP contribution < -0.4 is 10.6 Å². The van der Waals surface area contributed by atoms with Gasteiger partial charge >= 0.3 is 0 Å².